The Balaban J connectivity index is 2.44. The standard InChI is InChI=1S/C12H12ClFN4/c1-16-11(10-3-2-8(14)6-17-10)9-4-7(13)5-18-12(9)15/h2-6,11,16H,1H3,(H2,15,18). The summed E-state index contributed by atoms with van der Waals surface area (Å²) < 4.78 is 12.9. The zero-order valence-electron chi connectivity index (χ0n) is 9.69. The van der Waals surface area contributed by atoms with Crippen LogP contribution >= 0.6 is 11.6 Å². The van der Waals surface area contributed by atoms with Gasteiger partial charge in [0.05, 0.1) is 23.0 Å². The average Bonchev–Trinajstić information content (AvgIpc) is 2.37. The first-order valence-corrected chi connectivity index (χ1v) is 5.69. The molecule has 2 heterocycles. The molecule has 0 aliphatic rings. The first-order valence-electron chi connectivity index (χ1n) is 5.31. The number of hydrogen-bond acceptors (Lipinski definition) is 4. The number of anilines is 1. The number of halogens is 2. The first kappa shape index (κ1) is 12.7. The van der Waals surface area contributed by atoms with E-state index in [1.807, 2.05) is 0 Å². The largest absolute Gasteiger partial charge is 0.383 e. The van der Waals surface area contributed by atoms with Crippen LogP contribution in [-0.4, -0.2) is 17.0 Å². The molecule has 18 heavy (non-hydrogen) atoms. The van der Waals surface area contributed by atoms with Crippen LogP contribution < -0.4 is 11.1 Å². The zero-order chi connectivity index (χ0) is 13.1. The van der Waals surface area contributed by atoms with E-state index >= 15 is 0 Å². The zero-order valence-corrected chi connectivity index (χ0v) is 10.4. The molecule has 1 unspecified atom stereocenters. The lowest BCUT2D eigenvalue weighted by Crippen LogP contribution is -2.20. The molecule has 0 saturated heterocycles. The van der Waals surface area contributed by atoms with Crippen LogP contribution in [0.1, 0.15) is 17.3 Å². The van der Waals surface area contributed by atoms with Crippen LogP contribution in [0.5, 0.6) is 0 Å². The van der Waals surface area contributed by atoms with Crippen LogP contribution in [0.15, 0.2) is 30.6 Å². The number of nitrogens with one attached hydrogen (secondary N) is 1. The summed E-state index contributed by atoms with van der Waals surface area (Å²) in [5, 5.41) is 3.55. The predicted octanol–water partition coefficient (Wildman–Crippen LogP) is 2.16. The van der Waals surface area contributed by atoms with Gasteiger partial charge in [0, 0.05) is 11.8 Å². The molecule has 6 heteroatoms. The minimum Gasteiger partial charge on any atom is -0.383 e. The highest BCUT2D eigenvalue weighted by molar-refractivity contribution is 6.30. The molecule has 3 N–H and O–H groups in total. The minimum atomic E-state index is -0.384. The van der Waals surface area contributed by atoms with Gasteiger partial charge < -0.3 is 11.1 Å². The van der Waals surface area contributed by atoms with Crippen LogP contribution in [-0.2, 0) is 0 Å². The van der Waals surface area contributed by atoms with E-state index in [0.29, 0.717) is 22.1 Å². The van der Waals surface area contributed by atoms with Gasteiger partial charge in [-0.15, -0.1) is 0 Å². The van der Waals surface area contributed by atoms with Gasteiger partial charge in [-0.05, 0) is 25.2 Å². The Kier molecular flexibility index (Phi) is 3.74. The Morgan fingerprint density at radius 3 is 2.72 bits per heavy atom. The molecule has 2 rings (SSSR count). The number of nitrogens with zero attached hydrogens (tertiary/aromatic N) is 2. The van der Waals surface area contributed by atoms with Crippen molar-refractivity contribution in [3.63, 3.8) is 0 Å². The molecule has 2 aromatic rings. The molecular formula is C12H12ClFN4. The molecule has 2 aromatic heterocycles. The first-order chi connectivity index (χ1) is 8.61. The van der Waals surface area contributed by atoms with Gasteiger partial charge in [-0.1, -0.05) is 11.6 Å². The van der Waals surface area contributed by atoms with Gasteiger partial charge in [-0.25, -0.2) is 9.37 Å². The summed E-state index contributed by atoms with van der Waals surface area (Å²) in [5.74, 6) is -0.0179. The fourth-order valence-electron chi connectivity index (χ4n) is 1.72. The van der Waals surface area contributed by atoms with Gasteiger partial charge in [0.2, 0.25) is 0 Å². The molecule has 0 spiro atoms. The Labute approximate surface area is 109 Å². The fourth-order valence-corrected chi connectivity index (χ4v) is 1.88. The van der Waals surface area contributed by atoms with Crippen LogP contribution in [0.25, 0.3) is 0 Å². The third kappa shape index (κ3) is 2.57. The molecule has 0 aliphatic carbocycles. The molecule has 94 valence electrons. The van der Waals surface area contributed by atoms with Gasteiger partial charge in [-0.2, -0.15) is 0 Å². The van der Waals surface area contributed by atoms with E-state index < -0.39 is 0 Å². The van der Waals surface area contributed by atoms with E-state index in [1.54, 1.807) is 19.2 Å². The van der Waals surface area contributed by atoms with Crippen molar-refractivity contribution < 1.29 is 4.39 Å². The van der Waals surface area contributed by atoms with Crippen molar-refractivity contribution in [1.29, 1.82) is 0 Å². The lowest BCUT2D eigenvalue weighted by atomic mass is 10.0. The van der Waals surface area contributed by atoms with Gasteiger partial charge in [0.1, 0.15) is 11.6 Å². The second kappa shape index (κ2) is 5.29. The number of nitrogen functional groups attached to an aromatic ring is 1. The molecule has 0 radical (unpaired) electrons. The Bertz CT molecular complexity index is 544. The summed E-state index contributed by atoms with van der Waals surface area (Å²) in [6, 6.07) is 4.38. The van der Waals surface area contributed by atoms with Crippen molar-refractivity contribution in [3.8, 4) is 0 Å². The molecule has 0 fully saturated rings. The van der Waals surface area contributed by atoms with E-state index in [-0.39, 0.29) is 11.9 Å². The van der Waals surface area contributed by atoms with Gasteiger partial charge in [0.15, 0.2) is 0 Å². The Morgan fingerprint density at radius 2 is 2.11 bits per heavy atom. The smallest absolute Gasteiger partial charge is 0.141 e. The summed E-state index contributed by atoms with van der Waals surface area (Å²) in [5.41, 5.74) is 7.18. The van der Waals surface area contributed by atoms with Gasteiger partial charge >= 0.3 is 0 Å². The highest BCUT2D eigenvalue weighted by atomic mass is 35.5. The van der Waals surface area contributed by atoms with Crippen molar-refractivity contribution in [1.82, 2.24) is 15.3 Å². The van der Waals surface area contributed by atoms with Crippen LogP contribution in [0.2, 0.25) is 5.02 Å². The summed E-state index contributed by atoms with van der Waals surface area (Å²) in [6.07, 6.45) is 2.64. The number of pyridine rings is 2. The molecule has 0 bridgehead atoms. The van der Waals surface area contributed by atoms with Gasteiger partial charge in [-0.3, -0.25) is 4.98 Å². The minimum absolute atomic E-state index is 0.281. The Morgan fingerprint density at radius 1 is 1.33 bits per heavy atom. The number of hydrogen-bond donors (Lipinski definition) is 2. The highest BCUT2D eigenvalue weighted by Crippen LogP contribution is 2.26. The second-order valence-corrected chi connectivity index (χ2v) is 4.19. The van der Waals surface area contributed by atoms with E-state index in [1.165, 1.54) is 12.3 Å². The number of nitrogens with two attached hydrogens (primary N) is 1. The lowest BCUT2D eigenvalue weighted by molar-refractivity contribution is 0.610. The van der Waals surface area contributed by atoms with E-state index in [9.17, 15) is 4.39 Å². The van der Waals surface area contributed by atoms with E-state index in [0.717, 1.165) is 6.20 Å². The quantitative estimate of drug-likeness (QED) is 0.894. The van der Waals surface area contributed by atoms with Crippen molar-refractivity contribution in [2.24, 2.45) is 0 Å². The van der Waals surface area contributed by atoms with Crippen molar-refractivity contribution in [3.05, 3.63) is 52.7 Å². The van der Waals surface area contributed by atoms with Gasteiger partial charge in [0.25, 0.3) is 0 Å². The van der Waals surface area contributed by atoms with Crippen molar-refractivity contribution >= 4 is 17.4 Å². The lowest BCUT2D eigenvalue weighted by Gasteiger charge is -2.17. The monoisotopic (exact) mass is 266 g/mol. The topological polar surface area (TPSA) is 63.8 Å². The molecule has 1 atom stereocenters. The predicted molar refractivity (Wildman–Crippen MR) is 68.8 cm³/mol. The highest BCUT2D eigenvalue weighted by Gasteiger charge is 2.17. The second-order valence-electron chi connectivity index (χ2n) is 3.75. The van der Waals surface area contributed by atoms with Crippen molar-refractivity contribution in [2.75, 3.05) is 12.8 Å². The number of rotatable bonds is 3. The van der Waals surface area contributed by atoms with E-state index in [4.69, 9.17) is 17.3 Å². The third-order valence-electron chi connectivity index (χ3n) is 2.56. The maximum absolute atomic E-state index is 12.9. The SMILES string of the molecule is CNC(c1ccc(F)cn1)c1cc(Cl)cnc1N. The van der Waals surface area contributed by atoms with Crippen LogP contribution in [0.3, 0.4) is 0 Å². The Hall–Kier alpha value is -1.72. The molecular weight excluding hydrogens is 255 g/mol. The van der Waals surface area contributed by atoms with Crippen LogP contribution in [0.4, 0.5) is 10.2 Å². The molecule has 0 saturated carbocycles. The summed E-state index contributed by atoms with van der Waals surface area (Å²) in [6.45, 7) is 0. The summed E-state index contributed by atoms with van der Waals surface area (Å²) in [7, 11) is 1.76. The van der Waals surface area contributed by atoms with Crippen molar-refractivity contribution in [2.45, 2.75) is 6.04 Å². The molecule has 4 nitrogen and oxygen atoms in total. The summed E-state index contributed by atoms with van der Waals surface area (Å²) >= 11 is 5.90. The van der Waals surface area contributed by atoms with Crippen LogP contribution in [0, 0.1) is 5.82 Å². The third-order valence-corrected chi connectivity index (χ3v) is 2.77. The maximum atomic E-state index is 12.9. The normalized spacial score (nSPS) is 12.4. The molecule has 0 amide bonds. The summed E-state index contributed by atoms with van der Waals surface area (Å²) in [4.78, 5) is 8.03. The maximum Gasteiger partial charge on any atom is 0.141 e. The molecule has 0 aliphatic heterocycles. The molecule has 0 aromatic carbocycles. The average molecular weight is 267 g/mol. The van der Waals surface area contributed by atoms with E-state index in [2.05, 4.69) is 15.3 Å². The number of aromatic nitrogens is 2. The fraction of sp³-hybridized carbons (Fsp3) is 0.167.